The van der Waals surface area contributed by atoms with Crippen LogP contribution in [-0.4, -0.2) is 43.5 Å². The van der Waals surface area contributed by atoms with Gasteiger partial charge in [0.15, 0.2) is 0 Å². The van der Waals surface area contributed by atoms with Gasteiger partial charge in [0.05, 0.1) is 24.0 Å². The molecule has 6 heteroatoms. The number of esters is 1. The van der Waals surface area contributed by atoms with Crippen LogP contribution in [0.25, 0.3) is 0 Å². The number of amides is 1. The van der Waals surface area contributed by atoms with E-state index in [1.54, 1.807) is 18.2 Å². The van der Waals surface area contributed by atoms with Crippen molar-refractivity contribution in [1.82, 2.24) is 4.90 Å². The van der Waals surface area contributed by atoms with Crippen LogP contribution in [0.4, 0.5) is 11.4 Å². The molecule has 0 spiro atoms. The highest BCUT2D eigenvalue weighted by atomic mass is 16.5. The van der Waals surface area contributed by atoms with Crippen molar-refractivity contribution in [3.8, 4) is 0 Å². The molecule has 0 aliphatic carbocycles. The van der Waals surface area contributed by atoms with E-state index < -0.39 is 5.97 Å². The lowest BCUT2D eigenvalue weighted by atomic mass is 10.1. The van der Waals surface area contributed by atoms with Crippen LogP contribution < -0.4 is 11.1 Å². The number of hydrogen-bond acceptors (Lipinski definition) is 5. The molecule has 2 rings (SSSR count). The Bertz CT molecular complexity index is 525. The molecule has 21 heavy (non-hydrogen) atoms. The van der Waals surface area contributed by atoms with Gasteiger partial charge in [-0.1, -0.05) is 6.07 Å². The van der Waals surface area contributed by atoms with Crippen LogP contribution >= 0.6 is 0 Å². The summed E-state index contributed by atoms with van der Waals surface area (Å²) in [6.45, 7) is 2.21. The molecule has 1 heterocycles. The highest BCUT2D eigenvalue weighted by Crippen LogP contribution is 2.23. The molecule has 0 radical (unpaired) electrons. The van der Waals surface area contributed by atoms with Gasteiger partial charge in [-0.25, -0.2) is 4.79 Å². The molecule has 6 nitrogen and oxygen atoms in total. The van der Waals surface area contributed by atoms with E-state index in [-0.39, 0.29) is 5.91 Å². The first-order valence-electron chi connectivity index (χ1n) is 7.12. The highest BCUT2D eigenvalue weighted by Gasteiger charge is 2.17. The lowest BCUT2D eigenvalue weighted by Gasteiger charge is -2.16. The highest BCUT2D eigenvalue weighted by molar-refractivity contribution is 5.98. The number of ether oxygens (including phenoxy) is 1. The number of carbonyl (C=O) groups excluding carboxylic acids is 2. The first kappa shape index (κ1) is 15.2. The third kappa shape index (κ3) is 3.65. The second-order valence-electron chi connectivity index (χ2n) is 5.02. The molecule has 1 fully saturated rings. The van der Waals surface area contributed by atoms with Crippen LogP contribution in [0.5, 0.6) is 0 Å². The molecule has 0 bridgehead atoms. The number of nitrogen functional groups attached to an aromatic ring is 1. The topological polar surface area (TPSA) is 84.7 Å². The van der Waals surface area contributed by atoms with Crippen LogP contribution in [0.3, 0.4) is 0 Å². The summed E-state index contributed by atoms with van der Waals surface area (Å²) in [7, 11) is 1.32. The van der Waals surface area contributed by atoms with Crippen molar-refractivity contribution < 1.29 is 14.3 Å². The van der Waals surface area contributed by atoms with E-state index >= 15 is 0 Å². The predicted molar refractivity (Wildman–Crippen MR) is 81.1 cm³/mol. The van der Waals surface area contributed by atoms with E-state index in [0.717, 1.165) is 25.9 Å². The number of rotatable bonds is 5. The van der Waals surface area contributed by atoms with Crippen LogP contribution in [-0.2, 0) is 9.53 Å². The zero-order chi connectivity index (χ0) is 15.2. The van der Waals surface area contributed by atoms with Crippen LogP contribution in [0.15, 0.2) is 18.2 Å². The predicted octanol–water partition coefficient (Wildman–Crippen LogP) is 1.48. The van der Waals surface area contributed by atoms with Crippen molar-refractivity contribution in [3.63, 3.8) is 0 Å². The van der Waals surface area contributed by atoms with Gasteiger partial charge in [-0.3, -0.25) is 4.79 Å². The number of anilines is 2. The van der Waals surface area contributed by atoms with Gasteiger partial charge >= 0.3 is 5.97 Å². The summed E-state index contributed by atoms with van der Waals surface area (Å²) >= 11 is 0. The van der Waals surface area contributed by atoms with Gasteiger partial charge in [0, 0.05) is 26.1 Å². The Kier molecular flexibility index (Phi) is 5.03. The number of nitrogens with zero attached hydrogens (tertiary/aromatic N) is 1. The van der Waals surface area contributed by atoms with E-state index in [2.05, 4.69) is 10.1 Å². The van der Waals surface area contributed by atoms with Crippen molar-refractivity contribution in [2.45, 2.75) is 19.3 Å². The van der Waals surface area contributed by atoms with Crippen LogP contribution in [0, 0.1) is 0 Å². The van der Waals surface area contributed by atoms with Crippen LogP contribution in [0.2, 0.25) is 0 Å². The molecule has 1 saturated heterocycles. The molecule has 114 valence electrons. The van der Waals surface area contributed by atoms with Crippen molar-refractivity contribution in [2.75, 3.05) is 37.8 Å². The van der Waals surface area contributed by atoms with E-state index in [4.69, 9.17) is 5.73 Å². The largest absolute Gasteiger partial charge is 0.465 e. The smallest absolute Gasteiger partial charge is 0.340 e. The monoisotopic (exact) mass is 291 g/mol. The van der Waals surface area contributed by atoms with Gasteiger partial charge in [-0.2, -0.15) is 0 Å². The van der Waals surface area contributed by atoms with Crippen molar-refractivity contribution >= 4 is 23.3 Å². The Morgan fingerprint density at radius 3 is 2.71 bits per heavy atom. The molecule has 1 aliphatic rings. The molecule has 1 aliphatic heterocycles. The maximum Gasteiger partial charge on any atom is 0.340 e. The molecule has 3 N–H and O–H groups in total. The number of nitrogens with two attached hydrogens (primary N) is 1. The number of methoxy groups -OCH3 is 1. The SMILES string of the molecule is COC(=O)c1cccc(NCCC(=O)N2CCCC2)c1N. The molecule has 1 amide bonds. The molecular weight excluding hydrogens is 270 g/mol. The van der Waals surface area contributed by atoms with Gasteiger partial charge < -0.3 is 20.7 Å². The quantitative estimate of drug-likeness (QED) is 0.634. The van der Waals surface area contributed by atoms with Gasteiger partial charge in [-0.05, 0) is 25.0 Å². The number of likely N-dealkylation sites (tertiary alicyclic amines) is 1. The average Bonchev–Trinajstić information content (AvgIpc) is 3.02. The Morgan fingerprint density at radius 2 is 2.05 bits per heavy atom. The number of benzene rings is 1. The van der Waals surface area contributed by atoms with E-state index in [1.165, 1.54) is 7.11 Å². The zero-order valence-corrected chi connectivity index (χ0v) is 12.2. The summed E-state index contributed by atoms with van der Waals surface area (Å²) in [5.74, 6) is -0.313. The van der Waals surface area contributed by atoms with E-state index in [1.807, 2.05) is 4.90 Å². The number of para-hydroxylation sites is 1. The summed E-state index contributed by atoms with van der Waals surface area (Å²) in [4.78, 5) is 25.4. The summed E-state index contributed by atoms with van der Waals surface area (Å²) in [5, 5.41) is 3.11. The van der Waals surface area contributed by atoms with E-state index in [0.29, 0.717) is 29.9 Å². The second-order valence-corrected chi connectivity index (χ2v) is 5.02. The first-order valence-corrected chi connectivity index (χ1v) is 7.12. The molecule has 1 aromatic rings. The van der Waals surface area contributed by atoms with Gasteiger partial charge in [0.1, 0.15) is 0 Å². The lowest BCUT2D eigenvalue weighted by molar-refractivity contribution is -0.129. The Hall–Kier alpha value is -2.24. The molecule has 0 saturated carbocycles. The van der Waals surface area contributed by atoms with Gasteiger partial charge in [0.2, 0.25) is 5.91 Å². The third-order valence-electron chi connectivity index (χ3n) is 3.62. The standard InChI is InChI=1S/C15H21N3O3/c1-21-15(20)11-5-4-6-12(14(11)16)17-8-7-13(19)18-9-2-3-10-18/h4-6,17H,2-3,7-10,16H2,1H3. The normalized spacial score (nSPS) is 14.0. The zero-order valence-electron chi connectivity index (χ0n) is 12.2. The fourth-order valence-corrected chi connectivity index (χ4v) is 2.44. The van der Waals surface area contributed by atoms with Crippen molar-refractivity contribution in [2.24, 2.45) is 0 Å². The lowest BCUT2D eigenvalue weighted by Crippen LogP contribution is -2.29. The van der Waals surface area contributed by atoms with Crippen molar-refractivity contribution in [1.29, 1.82) is 0 Å². The minimum atomic E-state index is -0.468. The maximum atomic E-state index is 11.9. The van der Waals surface area contributed by atoms with Crippen molar-refractivity contribution in [3.05, 3.63) is 23.8 Å². The van der Waals surface area contributed by atoms with E-state index in [9.17, 15) is 9.59 Å². The number of carbonyl (C=O) groups is 2. The molecule has 0 unspecified atom stereocenters. The minimum Gasteiger partial charge on any atom is -0.465 e. The fourth-order valence-electron chi connectivity index (χ4n) is 2.44. The second kappa shape index (κ2) is 6.97. The summed E-state index contributed by atoms with van der Waals surface area (Å²) < 4.78 is 4.67. The summed E-state index contributed by atoms with van der Waals surface area (Å²) in [6, 6.07) is 5.12. The maximum absolute atomic E-state index is 11.9. The van der Waals surface area contributed by atoms with Crippen LogP contribution in [0.1, 0.15) is 29.6 Å². The number of hydrogen-bond donors (Lipinski definition) is 2. The summed E-state index contributed by atoms with van der Waals surface area (Å²) in [5.41, 5.74) is 7.26. The third-order valence-corrected chi connectivity index (χ3v) is 3.62. The summed E-state index contributed by atoms with van der Waals surface area (Å²) in [6.07, 6.45) is 2.60. The minimum absolute atomic E-state index is 0.155. The molecular formula is C15H21N3O3. The molecule has 0 aromatic heterocycles. The Balaban J connectivity index is 1.91. The average molecular weight is 291 g/mol. The first-order chi connectivity index (χ1) is 10.1. The molecule has 1 aromatic carbocycles. The molecule has 0 atom stereocenters. The number of nitrogens with one attached hydrogen (secondary N) is 1. The van der Waals surface area contributed by atoms with Gasteiger partial charge in [0.25, 0.3) is 0 Å². The van der Waals surface area contributed by atoms with Gasteiger partial charge in [-0.15, -0.1) is 0 Å². The fraction of sp³-hybridized carbons (Fsp3) is 0.467. The Morgan fingerprint density at radius 1 is 1.33 bits per heavy atom. The Labute approximate surface area is 124 Å².